The zero-order valence-corrected chi connectivity index (χ0v) is 23.7. The van der Waals surface area contributed by atoms with E-state index < -0.39 is 54.1 Å². The van der Waals surface area contributed by atoms with Crippen molar-refractivity contribution in [2.75, 3.05) is 25.4 Å². The lowest BCUT2D eigenvalue weighted by Gasteiger charge is -2.23. The van der Waals surface area contributed by atoms with Gasteiger partial charge in [0, 0.05) is 30.1 Å². The molecule has 0 saturated carbocycles. The summed E-state index contributed by atoms with van der Waals surface area (Å²) in [5.74, 6) is -9.94. The van der Waals surface area contributed by atoms with Crippen molar-refractivity contribution in [3.05, 3.63) is 81.7 Å². The van der Waals surface area contributed by atoms with Crippen LogP contribution >= 0.6 is 11.6 Å². The predicted octanol–water partition coefficient (Wildman–Crippen LogP) is 1.82. The van der Waals surface area contributed by atoms with Crippen LogP contribution in [0.25, 0.3) is 11.4 Å². The van der Waals surface area contributed by atoms with Gasteiger partial charge in [0.1, 0.15) is 18.1 Å². The number of carbonyl (C=O) groups excluding carboxylic acids is 4. The first-order valence-corrected chi connectivity index (χ1v) is 13.8. The number of nitrogens with one attached hydrogen (secondary N) is 2. The molecule has 4 rings (SSSR count). The lowest BCUT2D eigenvalue weighted by atomic mass is 9.98. The number of rotatable bonds is 11. The fourth-order valence-corrected chi connectivity index (χ4v) is 4.82. The number of nitrogen functional groups attached to an aromatic ring is 1. The van der Waals surface area contributed by atoms with Gasteiger partial charge in [-0.25, -0.2) is 4.98 Å². The number of alkyl halides is 2. The Morgan fingerprint density at radius 1 is 1.05 bits per heavy atom. The molecular formula is C29H29ClF2N6O5. The first-order chi connectivity index (χ1) is 20.5. The van der Waals surface area contributed by atoms with Gasteiger partial charge in [0.25, 0.3) is 11.5 Å². The van der Waals surface area contributed by atoms with Gasteiger partial charge in [-0.05, 0) is 30.5 Å². The summed E-state index contributed by atoms with van der Waals surface area (Å²) in [6.07, 6.45) is 2.27. The smallest absolute Gasteiger partial charge is 0.383 e. The van der Waals surface area contributed by atoms with Crippen LogP contribution in [0.4, 0.5) is 14.5 Å². The number of carbonyl (C=O) groups is 4. The number of nitrogens with zero attached hydrogens (tertiary/aromatic N) is 3. The minimum Gasteiger partial charge on any atom is -0.393 e. The fraction of sp³-hybridized carbons (Fsp3) is 0.310. The number of amides is 3. The number of halogens is 3. The third-order valence-electron chi connectivity index (χ3n) is 6.85. The molecule has 14 heteroatoms. The number of Topliss-reactive ketones (excluding diaryl/α,β-unsaturated/α-hetero) is 1. The second-order valence-electron chi connectivity index (χ2n) is 9.96. The van der Waals surface area contributed by atoms with Crippen molar-refractivity contribution < 1.29 is 28.0 Å². The van der Waals surface area contributed by atoms with Crippen LogP contribution in [0.3, 0.4) is 0 Å². The maximum absolute atomic E-state index is 15.2. The highest BCUT2D eigenvalue weighted by atomic mass is 35.5. The SMILES string of the molecule is Nc1cnc(-c2cccc(Cl)c2)n(CC(=O)NC(Cc2ccccc2)C(=O)C(F)(F)C(=O)NCC(=O)N2CCCC2)c1=O. The third-order valence-corrected chi connectivity index (χ3v) is 7.08. The van der Waals surface area contributed by atoms with E-state index in [1.807, 2.05) is 5.32 Å². The van der Waals surface area contributed by atoms with E-state index >= 15 is 8.78 Å². The molecule has 0 spiro atoms. The van der Waals surface area contributed by atoms with Crippen molar-refractivity contribution in [1.29, 1.82) is 0 Å². The Bertz CT molecular complexity index is 1580. The molecule has 3 aromatic rings. The van der Waals surface area contributed by atoms with E-state index in [4.69, 9.17) is 17.3 Å². The molecule has 1 atom stereocenters. The van der Waals surface area contributed by atoms with E-state index in [1.54, 1.807) is 48.5 Å². The van der Waals surface area contributed by atoms with Gasteiger partial charge in [-0.3, -0.25) is 28.5 Å². The zero-order chi connectivity index (χ0) is 31.1. The number of likely N-dealkylation sites (tertiary alicyclic amines) is 1. The monoisotopic (exact) mass is 614 g/mol. The number of benzene rings is 2. The normalized spacial score (nSPS) is 13.8. The molecule has 1 unspecified atom stereocenters. The first kappa shape index (κ1) is 31.3. The molecule has 11 nitrogen and oxygen atoms in total. The predicted molar refractivity (Wildman–Crippen MR) is 154 cm³/mol. The summed E-state index contributed by atoms with van der Waals surface area (Å²) in [4.78, 5) is 69.4. The van der Waals surface area contributed by atoms with E-state index in [1.165, 1.54) is 11.0 Å². The number of ketones is 1. The van der Waals surface area contributed by atoms with Crippen LogP contribution in [-0.2, 0) is 32.1 Å². The quantitative estimate of drug-likeness (QED) is 0.278. The Kier molecular flexibility index (Phi) is 9.86. The van der Waals surface area contributed by atoms with Gasteiger partial charge < -0.3 is 21.3 Å². The minimum atomic E-state index is -4.58. The van der Waals surface area contributed by atoms with Crippen LogP contribution < -0.4 is 21.9 Å². The summed E-state index contributed by atoms with van der Waals surface area (Å²) in [6.45, 7) is -0.520. The zero-order valence-electron chi connectivity index (χ0n) is 22.9. The average Bonchev–Trinajstić information content (AvgIpc) is 3.53. The molecule has 0 bridgehead atoms. The average molecular weight is 615 g/mol. The van der Waals surface area contributed by atoms with Crippen molar-refractivity contribution in [2.45, 2.75) is 37.8 Å². The fourth-order valence-electron chi connectivity index (χ4n) is 4.63. The molecule has 226 valence electrons. The summed E-state index contributed by atoms with van der Waals surface area (Å²) in [5.41, 5.74) is 5.47. The molecular weight excluding hydrogens is 586 g/mol. The highest BCUT2D eigenvalue weighted by Gasteiger charge is 2.50. The Hall–Kier alpha value is -4.65. The third kappa shape index (κ3) is 7.60. The van der Waals surface area contributed by atoms with Crippen LogP contribution in [0.15, 0.2) is 65.6 Å². The van der Waals surface area contributed by atoms with Gasteiger partial charge in [0.05, 0.1) is 18.8 Å². The van der Waals surface area contributed by atoms with Gasteiger partial charge in [-0.2, -0.15) is 8.78 Å². The molecule has 2 aromatic carbocycles. The summed E-state index contributed by atoms with van der Waals surface area (Å²) in [7, 11) is 0. The van der Waals surface area contributed by atoms with Crippen molar-refractivity contribution in [3.8, 4) is 11.4 Å². The van der Waals surface area contributed by atoms with Gasteiger partial charge >= 0.3 is 5.92 Å². The second kappa shape index (κ2) is 13.6. The van der Waals surface area contributed by atoms with E-state index in [0.29, 0.717) is 29.2 Å². The molecule has 1 aromatic heterocycles. The van der Waals surface area contributed by atoms with Crippen molar-refractivity contribution in [3.63, 3.8) is 0 Å². The molecule has 3 amide bonds. The van der Waals surface area contributed by atoms with Crippen molar-refractivity contribution in [2.24, 2.45) is 0 Å². The van der Waals surface area contributed by atoms with E-state index in [9.17, 15) is 24.0 Å². The van der Waals surface area contributed by atoms with Gasteiger partial charge in [0.2, 0.25) is 17.6 Å². The maximum Gasteiger partial charge on any atom is 0.383 e. The summed E-state index contributed by atoms with van der Waals surface area (Å²) in [6, 6.07) is 12.4. The van der Waals surface area contributed by atoms with Gasteiger partial charge in [-0.1, -0.05) is 54.1 Å². The molecule has 43 heavy (non-hydrogen) atoms. The minimum absolute atomic E-state index is 0.0233. The number of aromatic nitrogens is 2. The number of hydrogen-bond donors (Lipinski definition) is 3. The summed E-state index contributed by atoms with van der Waals surface area (Å²) >= 11 is 6.06. The largest absolute Gasteiger partial charge is 0.393 e. The highest BCUT2D eigenvalue weighted by molar-refractivity contribution is 6.30. The molecule has 1 aliphatic heterocycles. The van der Waals surface area contributed by atoms with Crippen LogP contribution in [0.2, 0.25) is 5.02 Å². The van der Waals surface area contributed by atoms with Crippen molar-refractivity contribution >= 4 is 40.8 Å². The number of hydrogen-bond acceptors (Lipinski definition) is 7. The van der Waals surface area contributed by atoms with Gasteiger partial charge in [-0.15, -0.1) is 0 Å². The lowest BCUT2D eigenvalue weighted by molar-refractivity contribution is -0.161. The van der Waals surface area contributed by atoms with Gasteiger partial charge in [0.15, 0.2) is 0 Å². The maximum atomic E-state index is 15.2. The number of anilines is 1. The topological polar surface area (TPSA) is 156 Å². The number of nitrogens with two attached hydrogens (primary N) is 1. The molecule has 4 N–H and O–H groups in total. The molecule has 0 aliphatic carbocycles. The summed E-state index contributed by atoms with van der Waals surface area (Å²) in [5, 5.41) is 4.42. The van der Waals surface area contributed by atoms with Crippen LogP contribution in [-0.4, -0.2) is 69.6 Å². The van der Waals surface area contributed by atoms with Crippen LogP contribution in [0, 0.1) is 0 Å². The van der Waals surface area contributed by atoms with Crippen LogP contribution in [0.1, 0.15) is 18.4 Å². The Morgan fingerprint density at radius 2 is 1.74 bits per heavy atom. The first-order valence-electron chi connectivity index (χ1n) is 13.4. The summed E-state index contributed by atoms with van der Waals surface area (Å²) < 4.78 is 31.3. The molecule has 1 aliphatic rings. The second-order valence-corrected chi connectivity index (χ2v) is 10.4. The van der Waals surface area contributed by atoms with Crippen molar-refractivity contribution in [1.82, 2.24) is 25.1 Å². The Balaban J connectivity index is 1.55. The standard InChI is InChI=1S/C29H29ClF2N6O5/c30-20-10-6-9-19(14-20)26-34-15-21(33)27(42)38(26)17-23(39)36-22(13-18-7-2-1-3-8-18)25(41)29(31,32)28(43)35-16-24(40)37-11-4-5-12-37/h1-3,6-10,14-15,22H,4-5,11-13,16-17,33H2,(H,35,43)(H,36,39). The highest BCUT2D eigenvalue weighted by Crippen LogP contribution is 2.22. The lowest BCUT2D eigenvalue weighted by Crippen LogP contribution is -2.56. The molecule has 1 saturated heterocycles. The van der Waals surface area contributed by atoms with E-state index in [0.717, 1.165) is 23.6 Å². The van der Waals surface area contributed by atoms with E-state index in [-0.39, 0.29) is 17.9 Å². The Labute approximate surface area is 250 Å². The molecule has 2 heterocycles. The molecule has 0 radical (unpaired) electrons. The molecule has 1 fully saturated rings. The Morgan fingerprint density at radius 3 is 2.42 bits per heavy atom. The van der Waals surface area contributed by atoms with E-state index in [2.05, 4.69) is 10.3 Å². The van der Waals surface area contributed by atoms with Crippen LogP contribution in [0.5, 0.6) is 0 Å².